The number of anilines is 2. The van der Waals surface area contributed by atoms with Crippen molar-refractivity contribution in [2.75, 3.05) is 23.8 Å². The van der Waals surface area contributed by atoms with Gasteiger partial charge in [0.1, 0.15) is 17.4 Å². The molecule has 0 radical (unpaired) electrons. The predicted molar refractivity (Wildman–Crippen MR) is 101 cm³/mol. The van der Waals surface area contributed by atoms with Crippen LogP contribution in [0.25, 0.3) is 0 Å². The smallest absolute Gasteiger partial charge is 0.319 e. The average molecular weight is 372 g/mol. The number of carbonyl (C=O) groups excluding carboxylic acids is 2. The Labute approximate surface area is 157 Å². The van der Waals surface area contributed by atoms with Crippen LogP contribution in [-0.4, -0.2) is 46.4 Å². The highest BCUT2D eigenvalue weighted by Gasteiger charge is 2.29. The zero-order valence-electron chi connectivity index (χ0n) is 15.9. The molecule has 2 aromatic rings. The number of carbonyl (C=O) groups is 2. The van der Waals surface area contributed by atoms with Gasteiger partial charge < -0.3 is 20.3 Å². The van der Waals surface area contributed by atoms with Crippen LogP contribution in [0.4, 0.5) is 16.2 Å². The first-order chi connectivity index (χ1) is 12.8. The fourth-order valence-electron chi connectivity index (χ4n) is 2.97. The van der Waals surface area contributed by atoms with Gasteiger partial charge in [-0.15, -0.1) is 0 Å². The third-order valence-corrected chi connectivity index (χ3v) is 4.36. The van der Waals surface area contributed by atoms with Crippen LogP contribution >= 0.6 is 0 Å². The van der Waals surface area contributed by atoms with E-state index in [-0.39, 0.29) is 11.9 Å². The number of benzene rings is 1. The normalized spacial score (nSPS) is 15.9. The summed E-state index contributed by atoms with van der Waals surface area (Å²) >= 11 is 0. The molecule has 9 heteroatoms. The first-order valence-corrected chi connectivity index (χ1v) is 8.86. The maximum atomic E-state index is 12.1. The van der Waals surface area contributed by atoms with Gasteiger partial charge in [-0.3, -0.25) is 9.48 Å². The molecule has 3 amide bonds. The summed E-state index contributed by atoms with van der Waals surface area (Å²) in [5.41, 5.74) is 1.22. The highest BCUT2D eigenvalue weighted by Crippen LogP contribution is 2.35. The van der Waals surface area contributed by atoms with Crippen molar-refractivity contribution in [3.05, 3.63) is 29.8 Å². The average Bonchev–Trinajstić information content (AvgIpc) is 2.95. The van der Waals surface area contributed by atoms with Gasteiger partial charge in [0.15, 0.2) is 6.10 Å². The van der Waals surface area contributed by atoms with Crippen LogP contribution in [0, 0.1) is 13.8 Å². The van der Waals surface area contributed by atoms with Crippen molar-refractivity contribution >= 4 is 23.3 Å². The molecule has 3 rings (SSSR count). The van der Waals surface area contributed by atoms with Gasteiger partial charge in [0.2, 0.25) is 0 Å². The Kier molecular flexibility index (Phi) is 5.29. The minimum Gasteiger partial charge on any atom is -0.479 e. The number of amides is 3. The van der Waals surface area contributed by atoms with E-state index in [2.05, 4.69) is 20.7 Å². The highest BCUT2D eigenvalue weighted by atomic mass is 16.5. The SMILES string of the molecule is Cc1nc(C)n(CCCNC(=O)Nc2ccc3c(c2)N(C)C(=O)[C@H](C)O3)n1. The lowest BCUT2D eigenvalue weighted by Crippen LogP contribution is -2.42. The van der Waals surface area contributed by atoms with E-state index in [0.717, 1.165) is 18.1 Å². The minimum absolute atomic E-state index is 0.122. The van der Waals surface area contributed by atoms with Crippen LogP contribution in [0.3, 0.4) is 0 Å². The summed E-state index contributed by atoms with van der Waals surface area (Å²) in [6.07, 6.45) is 0.228. The first-order valence-electron chi connectivity index (χ1n) is 8.86. The van der Waals surface area contributed by atoms with Crippen molar-refractivity contribution in [1.29, 1.82) is 0 Å². The van der Waals surface area contributed by atoms with Crippen LogP contribution in [0.5, 0.6) is 5.75 Å². The van der Waals surface area contributed by atoms with E-state index in [9.17, 15) is 9.59 Å². The van der Waals surface area contributed by atoms with Gasteiger partial charge in [0, 0.05) is 25.8 Å². The van der Waals surface area contributed by atoms with Crippen molar-refractivity contribution in [2.45, 2.75) is 39.8 Å². The summed E-state index contributed by atoms with van der Waals surface area (Å²) < 4.78 is 7.40. The molecule has 0 spiro atoms. The number of hydrogen-bond donors (Lipinski definition) is 2. The molecule has 1 aromatic heterocycles. The number of aromatic nitrogens is 3. The molecule has 1 atom stereocenters. The Hall–Kier alpha value is -3.10. The number of rotatable bonds is 5. The van der Waals surface area contributed by atoms with Crippen molar-refractivity contribution < 1.29 is 14.3 Å². The first kappa shape index (κ1) is 18.7. The van der Waals surface area contributed by atoms with E-state index >= 15 is 0 Å². The number of nitrogens with zero attached hydrogens (tertiary/aromatic N) is 4. The summed E-state index contributed by atoms with van der Waals surface area (Å²) in [6, 6.07) is 4.91. The maximum Gasteiger partial charge on any atom is 0.319 e. The summed E-state index contributed by atoms with van der Waals surface area (Å²) in [6.45, 7) is 6.67. The molecule has 0 saturated heterocycles. The zero-order chi connectivity index (χ0) is 19.6. The zero-order valence-corrected chi connectivity index (χ0v) is 15.9. The Bertz CT molecular complexity index is 863. The molecule has 1 aromatic carbocycles. The number of likely N-dealkylation sites (N-methyl/N-ethyl adjacent to an activating group) is 1. The lowest BCUT2D eigenvalue weighted by molar-refractivity contribution is -0.125. The van der Waals surface area contributed by atoms with E-state index in [1.165, 1.54) is 4.90 Å². The molecule has 0 aliphatic carbocycles. The van der Waals surface area contributed by atoms with E-state index in [4.69, 9.17) is 4.74 Å². The van der Waals surface area contributed by atoms with E-state index in [1.807, 2.05) is 18.5 Å². The molecular formula is C18H24N6O3. The Balaban J connectivity index is 1.51. The number of ether oxygens (including phenoxy) is 1. The number of hydrogen-bond acceptors (Lipinski definition) is 5. The molecule has 0 unspecified atom stereocenters. The maximum absolute atomic E-state index is 12.1. The van der Waals surface area contributed by atoms with Crippen LogP contribution in [0.1, 0.15) is 25.0 Å². The monoisotopic (exact) mass is 372 g/mol. The van der Waals surface area contributed by atoms with Crippen LogP contribution in [0.15, 0.2) is 18.2 Å². The second-order valence-electron chi connectivity index (χ2n) is 6.50. The second kappa shape index (κ2) is 7.65. The number of aryl methyl sites for hydroxylation is 3. The standard InChI is InChI=1S/C18H24N6O3/c1-11-17(25)23(4)15-10-14(6-7-16(15)27-11)21-18(26)19-8-5-9-24-13(3)20-12(2)22-24/h6-7,10-11H,5,8-9H2,1-4H3,(H2,19,21,26)/t11-/m0/s1. The van der Waals surface area contributed by atoms with Gasteiger partial charge in [-0.1, -0.05) is 0 Å². The third-order valence-electron chi connectivity index (χ3n) is 4.36. The summed E-state index contributed by atoms with van der Waals surface area (Å²) in [4.78, 5) is 29.9. The predicted octanol–water partition coefficient (Wildman–Crippen LogP) is 1.85. The van der Waals surface area contributed by atoms with Crippen LogP contribution in [-0.2, 0) is 11.3 Å². The van der Waals surface area contributed by atoms with Crippen molar-refractivity contribution in [1.82, 2.24) is 20.1 Å². The second-order valence-corrected chi connectivity index (χ2v) is 6.50. The Morgan fingerprint density at radius 3 is 2.81 bits per heavy atom. The molecule has 9 nitrogen and oxygen atoms in total. The van der Waals surface area contributed by atoms with E-state index in [1.54, 1.807) is 32.2 Å². The molecule has 144 valence electrons. The quantitative estimate of drug-likeness (QED) is 0.780. The van der Waals surface area contributed by atoms with Crippen molar-refractivity contribution in [3.63, 3.8) is 0 Å². The summed E-state index contributed by atoms with van der Waals surface area (Å²) in [7, 11) is 1.69. The molecule has 0 saturated carbocycles. The molecule has 1 aliphatic rings. The lowest BCUT2D eigenvalue weighted by Gasteiger charge is -2.30. The van der Waals surface area contributed by atoms with Gasteiger partial charge in [0.05, 0.1) is 5.69 Å². The van der Waals surface area contributed by atoms with E-state index in [0.29, 0.717) is 30.2 Å². The van der Waals surface area contributed by atoms with Gasteiger partial charge in [-0.05, 0) is 45.4 Å². The highest BCUT2D eigenvalue weighted by molar-refractivity contribution is 6.00. The lowest BCUT2D eigenvalue weighted by atomic mass is 10.2. The summed E-state index contributed by atoms with van der Waals surface area (Å²) in [5.74, 6) is 2.10. The molecule has 0 bridgehead atoms. The minimum atomic E-state index is -0.512. The molecule has 27 heavy (non-hydrogen) atoms. The fourth-order valence-corrected chi connectivity index (χ4v) is 2.97. The largest absolute Gasteiger partial charge is 0.479 e. The van der Waals surface area contributed by atoms with Gasteiger partial charge >= 0.3 is 6.03 Å². The Morgan fingerprint density at radius 1 is 1.33 bits per heavy atom. The fraction of sp³-hybridized carbons (Fsp3) is 0.444. The van der Waals surface area contributed by atoms with Crippen LogP contribution in [0.2, 0.25) is 0 Å². The molecule has 1 aliphatic heterocycles. The molecule has 2 heterocycles. The molecular weight excluding hydrogens is 348 g/mol. The molecule has 0 fully saturated rings. The van der Waals surface area contributed by atoms with Gasteiger partial charge in [-0.2, -0.15) is 5.10 Å². The summed E-state index contributed by atoms with van der Waals surface area (Å²) in [5, 5.41) is 9.87. The van der Waals surface area contributed by atoms with E-state index < -0.39 is 6.10 Å². The number of urea groups is 1. The molecule has 2 N–H and O–H groups in total. The van der Waals surface area contributed by atoms with Gasteiger partial charge in [0.25, 0.3) is 5.91 Å². The third kappa shape index (κ3) is 4.18. The van der Waals surface area contributed by atoms with Gasteiger partial charge in [-0.25, -0.2) is 9.78 Å². The van der Waals surface area contributed by atoms with Crippen molar-refractivity contribution in [3.8, 4) is 5.75 Å². The number of fused-ring (bicyclic) bond motifs is 1. The topological polar surface area (TPSA) is 101 Å². The van der Waals surface area contributed by atoms with Crippen molar-refractivity contribution in [2.24, 2.45) is 0 Å². The number of nitrogens with one attached hydrogen (secondary N) is 2. The Morgan fingerprint density at radius 2 is 2.11 bits per heavy atom. The van der Waals surface area contributed by atoms with Crippen LogP contribution < -0.4 is 20.3 Å².